The number of carbonyl (C=O) groups is 1. The maximum Gasteiger partial charge on any atom is 0.202 e. The Labute approximate surface area is 133 Å². The van der Waals surface area contributed by atoms with Crippen LogP contribution in [-0.2, 0) is 0 Å². The van der Waals surface area contributed by atoms with Gasteiger partial charge in [-0.15, -0.1) is 11.3 Å². The van der Waals surface area contributed by atoms with Gasteiger partial charge in [-0.3, -0.25) is 4.79 Å². The number of carbonyl (C=O) groups excluding carboxylic acids is 1. The summed E-state index contributed by atoms with van der Waals surface area (Å²) in [5.74, 6) is 0.459. The fourth-order valence-corrected chi connectivity index (χ4v) is 3.21. The number of Topliss-reactive ketones (excluding diaryl/α,β-unsaturated/α-hetero) is 1. The van der Waals surface area contributed by atoms with Crippen LogP contribution in [0.4, 0.5) is 0 Å². The van der Waals surface area contributed by atoms with Crippen molar-refractivity contribution in [1.29, 1.82) is 0 Å². The van der Waals surface area contributed by atoms with E-state index in [0.717, 1.165) is 10.0 Å². The standard InChI is InChI=1S/C13H9BrCl2O2S/c1-7-4-8(2-3-10(7)14)18-6-11(17)9-5-12(15)19-13(9)16/h2-5H,6H2,1H3. The molecule has 0 aliphatic rings. The van der Waals surface area contributed by atoms with Crippen molar-refractivity contribution < 1.29 is 9.53 Å². The number of rotatable bonds is 4. The van der Waals surface area contributed by atoms with Gasteiger partial charge in [0.2, 0.25) is 5.78 Å². The number of hydrogen-bond donors (Lipinski definition) is 0. The molecular weight excluding hydrogens is 371 g/mol. The molecule has 0 unspecified atom stereocenters. The Hall–Kier alpha value is -0.550. The van der Waals surface area contributed by atoms with E-state index in [0.29, 0.717) is 20.0 Å². The van der Waals surface area contributed by atoms with E-state index in [1.54, 1.807) is 12.1 Å². The van der Waals surface area contributed by atoms with Gasteiger partial charge in [0.25, 0.3) is 0 Å². The van der Waals surface area contributed by atoms with Gasteiger partial charge in [0, 0.05) is 4.47 Å². The van der Waals surface area contributed by atoms with Gasteiger partial charge in [-0.25, -0.2) is 0 Å². The maximum absolute atomic E-state index is 11.9. The van der Waals surface area contributed by atoms with Gasteiger partial charge in [-0.05, 0) is 36.8 Å². The summed E-state index contributed by atoms with van der Waals surface area (Å²) in [6.45, 7) is 1.89. The molecule has 2 aromatic rings. The van der Waals surface area contributed by atoms with Crippen molar-refractivity contribution in [2.45, 2.75) is 6.92 Å². The third-order valence-corrected chi connectivity index (χ3v) is 4.83. The summed E-state index contributed by atoms with van der Waals surface area (Å²) in [5.41, 5.74) is 1.45. The summed E-state index contributed by atoms with van der Waals surface area (Å²) in [4.78, 5) is 11.9. The van der Waals surface area contributed by atoms with E-state index >= 15 is 0 Å². The molecule has 0 atom stereocenters. The van der Waals surface area contributed by atoms with Gasteiger partial charge < -0.3 is 4.74 Å². The lowest BCUT2D eigenvalue weighted by Gasteiger charge is -2.06. The molecule has 0 N–H and O–H groups in total. The second-order valence-electron chi connectivity index (χ2n) is 3.86. The first-order valence-corrected chi connectivity index (χ1v) is 7.71. The summed E-state index contributed by atoms with van der Waals surface area (Å²) in [7, 11) is 0. The largest absolute Gasteiger partial charge is 0.485 e. The Morgan fingerprint density at radius 3 is 2.68 bits per heavy atom. The molecule has 1 aromatic carbocycles. The van der Waals surface area contributed by atoms with Crippen LogP contribution in [0.2, 0.25) is 8.67 Å². The van der Waals surface area contributed by atoms with Crippen molar-refractivity contribution in [2.24, 2.45) is 0 Å². The first-order valence-electron chi connectivity index (χ1n) is 5.34. The smallest absolute Gasteiger partial charge is 0.202 e. The molecule has 1 heterocycles. The Kier molecular flexibility index (Phi) is 4.90. The van der Waals surface area contributed by atoms with Crippen LogP contribution >= 0.6 is 50.5 Å². The molecule has 6 heteroatoms. The molecule has 0 bridgehead atoms. The average Bonchev–Trinajstić information content (AvgIpc) is 2.70. The van der Waals surface area contributed by atoms with Crippen LogP contribution in [0.5, 0.6) is 5.75 Å². The first-order chi connectivity index (χ1) is 8.97. The normalized spacial score (nSPS) is 10.5. The van der Waals surface area contributed by atoms with Crippen LogP contribution in [0, 0.1) is 6.92 Å². The molecule has 2 rings (SSSR count). The molecule has 0 aliphatic heterocycles. The zero-order chi connectivity index (χ0) is 14.0. The molecular formula is C13H9BrCl2O2S. The zero-order valence-corrected chi connectivity index (χ0v) is 13.8. The van der Waals surface area contributed by atoms with E-state index in [2.05, 4.69) is 15.9 Å². The number of benzene rings is 1. The van der Waals surface area contributed by atoms with E-state index < -0.39 is 0 Å². The molecule has 2 nitrogen and oxygen atoms in total. The molecule has 19 heavy (non-hydrogen) atoms. The van der Waals surface area contributed by atoms with Crippen LogP contribution < -0.4 is 4.74 Å². The van der Waals surface area contributed by atoms with Crippen molar-refractivity contribution in [3.8, 4) is 5.75 Å². The first kappa shape index (κ1) is 14.9. The number of ketones is 1. The highest BCUT2D eigenvalue weighted by Crippen LogP contribution is 2.31. The van der Waals surface area contributed by atoms with E-state index in [4.69, 9.17) is 27.9 Å². The average molecular weight is 380 g/mol. The third-order valence-electron chi connectivity index (χ3n) is 2.46. The third kappa shape index (κ3) is 3.72. The highest BCUT2D eigenvalue weighted by Gasteiger charge is 2.14. The van der Waals surface area contributed by atoms with Gasteiger partial charge in [-0.1, -0.05) is 39.1 Å². The highest BCUT2D eigenvalue weighted by molar-refractivity contribution is 9.10. The summed E-state index contributed by atoms with van der Waals surface area (Å²) in [6.07, 6.45) is 0. The minimum atomic E-state index is -0.186. The van der Waals surface area contributed by atoms with Crippen molar-refractivity contribution in [3.05, 3.63) is 48.5 Å². The van der Waals surface area contributed by atoms with Gasteiger partial charge in [0.1, 0.15) is 10.1 Å². The monoisotopic (exact) mass is 378 g/mol. The van der Waals surface area contributed by atoms with Crippen molar-refractivity contribution in [2.75, 3.05) is 6.61 Å². The second-order valence-corrected chi connectivity index (χ2v) is 7.00. The van der Waals surface area contributed by atoms with Crippen LogP contribution in [-0.4, -0.2) is 12.4 Å². The molecule has 0 radical (unpaired) electrons. The summed E-state index contributed by atoms with van der Waals surface area (Å²) in [5, 5.41) is 0. The highest BCUT2D eigenvalue weighted by atomic mass is 79.9. The SMILES string of the molecule is Cc1cc(OCC(=O)c2cc(Cl)sc2Cl)ccc1Br. The van der Waals surface area contributed by atoms with E-state index in [1.165, 1.54) is 11.3 Å². The van der Waals surface area contributed by atoms with Gasteiger partial charge in [-0.2, -0.15) is 0 Å². The Morgan fingerprint density at radius 2 is 2.11 bits per heavy atom. The summed E-state index contributed by atoms with van der Waals surface area (Å²) in [6, 6.07) is 7.10. The molecule has 0 spiro atoms. The molecule has 1 aromatic heterocycles. The predicted molar refractivity (Wildman–Crippen MR) is 83.0 cm³/mol. The lowest BCUT2D eigenvalue weighted by Crippen LogP contribution is -2.11. The quantitative estimate of drug-likeness (QED) is 0.666. The van der Waals surface area contributed by atoms with Gasteiger partial charge in [0.15, 0.2) is 6.61 Å². The second kappa shape index (κ2) is 6.27. The Morgan fingerprint density at radius 1 is 1.37 bits per heavy atom. The zero-order valence-electron chi connectivity index (χ0n) is 9.88. The lowest BCUT2D eigenvalue weighted by atomic mass is 10.2. The lowest BCUT2D eigenvalue weighted by molar-refractivity contribution is 0.0922. The van der Waals surface area contributed by atoms with E-state index in [-0.39, 0.29) is 12.4 Å². The summed E-state index contributed by atoms with van der Waals surface area (Å²) < 4.78 is 7.34. The molecule has 100 valence electrons. The van der Waals surface area contributed by atoms with Crippen LogP contribution in [0.25, 0.3) is 0 Å². The molecule has 0 saturated heterocycles. The summed E-state index contributed by atoms with van der Waals surface area (Å²) >= 11 is 16.3. The topological polar surface area (TPSA) is 26.3 Å². The Bertz CT molecular complexity index is 625. The van der Waals surface area contributed by atoms with Gasteiger partial charge in [0.05, 0.1) is 9.90 Å². The molecule has 0 fully saturated rings. The van der Waals surface area contributed by atoms with Crippen LogP contribution in [0.3, 0.4) is 0 Å². The predicted octanol–water partition coefficient (Wildman–Crippen LogP) is 5.39. The Balaban J connectivity index is 2.04. The van der Waals surface area contributed by atoms with Crippen molar-refractivity contribution in [3.63, 3.8) is 0 Å². The number of ether oxygens (including phenoxy) is 1. The number of hydrogen-bond acceptors (Lipinski definition) is 3. The van der Waals surface area contributed by atoms with Crippen molar-refractivity contribution in [1.82, 2.24) is 0 Å². The van der Waals surface area contributed by atoms with E-state index in [9.17, 15) is 4.79 Å². The van der Waals surface area contributed by atoms with Crippen LogP contribution in [0.1, 0.15) is 15.9 Å². The molecule has 0 amide bonds. The number of aryl methyl sites for hydroxylation is 1. The molecule has 0 aliphatic carbocycles. The minimum Gasteiger partial charge on any atom is -0.485 e. The van der Waals surface area contributed by atoms with Gasteiger partial charge >= 0.3 is 0 Å². The van der Waals surface area contributed by atoms with E-state index in [1.807, 2.05) is 19.1 Å². The maximum atomic E-state index is 11.9. The fourth-order valence-electron chi connectivity index (χ4n) is 1.46. The van der Waals surface area contributed by atoms with Crippen molar-refractivity contribution >= 4 is 56.3 Å². The fraction of sp³-hybridized carbons (Fsp3) is 0.154. The van der Waals surface area contributed by atoms with Crippen LogP contribution in [0.15, 0.2) is 28.7 Å². The molecule has 0 saturated carbocycles. The number of halogens is 3. The minimum absolute atomic E-state index is 0.0617. The number of thiophene rings is 1.